The van der Waals surface area contributed by atoms with E-state index >= 15 is 0 Å². The zero-order valence-electron chi connectivity index (χ0n) is 14.8. The molecular formula is C19H19BrN2O2S2. The Morgan fingerprint density at radius 3 is 2.77 bits per heavy atom. The molecule has 1 aliphatic rings. The van der Waals surface area contributed by atoms with E-state index in [0.29, 0.717) is 13.1 Å². The number of nitrogens with zero attached hydrogens (tertiary/aromatic N) is 2. The molecule has 26 heavy (non-hydrogen) atoms. The summed E-state index contributed by atoms with van der Waals surface area (Å²) in [7, 11) is 0. The summed E-state index contributed by atoms with van der Waals surface area (Å²) in [5, 5.41) is 1.04. The van der Waals surface area contributed by atoms with Crippen molar-refractivity contribution in [2.24, 2.45) is 0 Å². The number of thiazole rings is 1. The van der Waals surface area contributed by atoms with Gasteiger partial charge in [-0.25, -0.2) is 9.78 Å². The van der Waals surface area contributed by atoms with Crippen LogP contribution in [0.4, 0.5) is 4.79 Å². The van der Waals surface area contributed by atoms with Crippen molar-refractivity contribution in [1.29, 1.82) is 0 Å². The lowest BCUT2D eigenvalue weighted by atomic mass is 10.0. The number of para-hydroxylation sites is 1. The van der Waals surface area contributed by atoms with Gasteiger partial charge in [-0.15, -0.1) is 22.7 Å². The van der Waals surface area contributed by atoms with Crippen molar-refractivity contribution in [1.82, 2.24) is 9.88 Å². The van der Waals surface area contributed by atoms with Crippen molar-refractivity contribution in [3.8, 4) is 10.6 Å². The van der Waals surface area contributed by atoms with Gasteiger partial charge in [-0.05, 0) is 60.8 Å². The van der Waals surface area contributed by atoms with Crippen LogP contribution in [0.1, 0.15) is 31.2 Å². The molecule has 0 spiro atoms. The number of hydrogen-bond acceptors (Lipinski definition) is 5. The van der Waals surface area contributed by atoms with E-state index in [1.165, 1.54) is 20.7 Å². The topological polar surface area (TPSA) is 42.4 Å². The second-order valence-electron chi connectivity index (χ2n) is 7.29. The minimum absolute atomic E-state index is 0.241. The van der Waals surface area contributed by atoms with Gasteiger partial charge in [-0.3, -0.25) is 0 Å². The third-order valence-electron chi connectivity index (χ3n) is 4.17. The average molecular weight is 451 g/mol. The van der Waals surface area contributed by atoms with E-state index in [4.69, 9.17) is 9.72 Å². The fourth-order valence-electron chi connectivity index (χ4n) is 3.04. The van der Waals surface area contributed by atoms with Crippen molar-refractivity contribution in [2.75, 3.05) is 6.54 Å². The first-order valence-corrected chi connectivity index (χ1v) is 10.9. The third kappa shape index (κ3) is 3.40. The molecule has 0 atom stereocenters. The molecule has 1 aromatic carbocycles. The fourth-order valence-corrected chi connectivity index (χ4v) is 6.38. The first-order chi connectivity index (χ1) is 12.3. The van der Waals surface area contributed by atoms with Gasteiger partial charge in [0.1, 0.15) is 10.6 Å². The fraction of sp³-hybridized carbons (Fsp3) is 0.368. The molecule has 0 aliphatic carbocycles. The normalized spacial score (nSPS) is 14.5. The maximum Gasteiger partial charge on any atom is 0.410 e. The Kier molecular flexibility index (Phi) is 4.57. The Morgan fingerprint density at radius 1 is 1.27 bits per heavy atom. The van der Waals surface area contributed by atoms with E-state index in [1.54, 1.807) is 27.6 Å². The standard InChI is InChI=1S/C19H19BrN2O2S2/c1-19(2,3)24-18(23)22-9-8-11-14(10-22)25-16(20)15(11)17-21-12-6-4-5-7-13(12)26-17/h4-7H,8-10H2,1-3H3. The lowest BCUT2D eigenvalue weighted by Crippen LogP contribution is -2.39. The highest BCUT2D eigenvalue weighted by atomic mass is 79.9. The van der Waals surface area contributed by atoms with Crippen LogP contribution in [0.3, 0.4) is 0 Å². The number of carbonyl (C=O) groups is 1. The molecule has 7 heteroatoms. The highest BCUT2D eigenvalue weighted by Gasteiger charge is 2.30. The molecule has 3 aromatic rings. The quantitative estimate of drug-likeness (QED) is 0.450. The van der Waals surface area contributed by atoms with E-state index in [0.717, 1.165) is 20.7 Å². The van der Waals surface area contributed by atoms with Crippen molar-refractivity contribution in [3.05, 3.63) is 38.5 Å². The maximum atomic E-state index is 12.4. The Balaban J connectivity index is 1.65. The molecule has 1 aliphatic heterocycles. The van der Waals surface area contributed by atoms with Crippen LogP contribution in [0.5, 0.6) is 0 Å². The molecule has 0 unspecified atom stereocenters. The van der Waals surface area contributed by atoms with Crippen molar-refractivity contribution in [3.63, 3.8) is 0 Å². The van der Waals surface area contributed by atoms with Crippen LogP contribution >= 0.6 is 38.6 Å². The zero-order valence-corrected chi connectivity index (χ0v) is 18.1. The highest BCUT2D eigenvalue weighted by Crippen LogP contribution is 2.45. The number of rotatable bonds is 1. The molecule has 0 saturated heterocycles. The van der Waals surface area contributed by atoms with E-state index in [1.807, 2.05) is 39.0 Å². The summed E-state index contributed by atoms with van der Waals surface area (Å²) in [5.74, 6) is 0. The summed E-state index contributed by atoms with van der Waals surface area (Å²) in [6, 6.07) is 8.21. The van der Waals surface area contributed by atoms with Crippen molar-refractivity contribution in [2.45, 2.75) is 39.3 Å². The monoisotopic (exact) mass is 450 g/mol. The Labute approximate surface area is 168 Å². The second-order valence-corrected chi connectivity index (χ2v) is 10.7. The molecule has 0 N–H and O–H groups in total. The Morgan fingerprint density at radius 2 is 2.04 bits per heavy atom. The van der Waals surface area contributed by atoms with Crippen LogP contribution in [0.15, 0.2) is 28.1 Å². The molecule has 4 nitrogen and oxygen atoms in total. The molecule has 2 aromatic heterocycles. The predicted molar refractivity (Wildman–Crippen MR) is 111 cm³/mol. The molecule has 136 valence electrons. The van der Waals surface area contributed by atoms with E-state index in [2.05, 4.69) is 22.0 Å². The van der Waals surface area contributed by atoms with E-state index < -0.39 is 5.60 Å². The lowest BCUT2D eigenvalue weighted by molar-refractivity contribution is 0.0227. The smallest absolute Gasteiger partial charge is 0.410 e. The van der Waals surface area contributed by atoms with Crippen molar-refractivity contribution < 1.29 is 9.53 Å². The molecule has 3 heterocycles. The third-order valence-corrected chi connectivity index (χ3v) is 7.11. The minimum Gasteiger partial charge on any atom is -0.444 e. The highest BCUT2D eigenvalue weighted by molar-refractivity contribution is 9.11. The molecule has 0 bridgehead atoms. The Hall–Kier alpha value is -1.44. The van der Waals surface area contributed by atoms with E-state index in [-0.39, 0.29) is 6.09 Å². The van der Waals surface area contributed by atoms with Gasteiger partial charge in [-0.2, -0.15) is 0 Å². The maximum absolute atomic E-state index is 12.4. The summed E-state index contributed by atoms with van der Waals surface area (Å²) >= 11 is 7.14. The number of ether oxygens (including phenoxy) is 1. The van der Waals surface area contributed by atoms with Gasteiger partial charge in [0.25, 0.3) is 0 Å². The van der Waals surface area contributed by atoms with Gasteiger partial charge in [0.15, 0.2) is 0 Å². The molecule has 1 amide bonds. The van der Waals surface area contributed by atoms with Crippen LogP contribution in [-0.4, -0.2) is 28.1 Å². The summed E-state index contributed by atoms with van der Waals surface area (Å²) in [4.78, 5) is 20.2. The number of hydrogen-bond donors (Lipinski definition) is 0. The number of amides is 1. The van der Waals surface area contributed by atoms with Crippen LogP contribution in [0.25, 0.3) is 20.8 Å². The lowest BCUT2D eigenvalue weighted by Gasteiger charge is -2.30. The number of aromatic nitrogens is 1. The number of halogens is 1. The molecule has 0 saturated carbocycles. The van der Waals surface area contributed by atoms with Gasteiger partial charge in [-0.1, -0.05) is 12.1 Å². The van der Waals surface area contributed by atoms with Crippen LogP contribution in [0, 0.1) is 0 Å². The van der Waals surface area contributed by atoms with Gasteiger partial charge in [0, 0.05) is 17.0 Å². The average Bonchev–Trinajstić information content (AvgIpc) is 3.11. The first kappa shape index (κ1) is 17.9. The zero-order chi connectivity index (χ0) is 18.5. The summed E-state index contributed by atoms with van der Waals surface area (Å²) in [5.41, 5.74) is 3.06. The predicted octanol–water partition coefficient (Wildman–Crippen LogP) is 6.08. The van der Waals surface area contributed by atoms with E-state index in [9.17, 15) is 4.79 Å². The Bertz CT molecular complexity index is 954. The van der Waals surface area contributed by atoms with Crippen molar-refractivity contribution >= 4 is 54.9 Å². The number of benzene rings is 1. The molecular weight excluding hydrogens is 432 g/mol. The number of fused-ring (bicyclic) bond motifs is 2. The first-order valence-electron chi connectivity index (χ1n) is 8.46. The SMILES string of the molecule is CC(C)(C)OC(=O)N1CCc2c(sc(Br)c2-c2nc3ccccc3s2)C1. The van der Waals surface area contributed by atoms with Crippen LogP contribution in [0.2, 0.25) is 0 Å². The second kappa shape index (κ2) is 6.62. The molecule has 4 rings (SSSR count). The summed E-state index contributed by atoms with van der Waals surface area (Å²) in [6.07, 6.45) is 0.580. The minimum atomic E-state index is -0.473. The van der Waals surface area contributed by atoms with Gasteiger partial charge < -0.3 is 9.64 Å². The van der Waals surface area contributed by atoms with Gasteiger partial charge in [0.2, 0.25) is 0 Å². The van der Waals surface area contributed by atoms with Gasteiger partial charge in [0.05, 0.1) is 20.5 Å². The molecule has 0 fully saturated rings. The van der Waals surface area contributed by atoms with Gasteiger partial charge >= 0.3 is 6.09 Å². The van der Waals surface area contributed by atoms with Crippen LogP contribution in [-0.2, 0) is 17.7 Å². The number of carbonyl (C=O) groups excluding carboxylic acids is 1. The molecule has 0 radical (unpaired) electrons. The summed E-state index contributed by atoms with van der Waals surface area (Å²) < 4.78 is 7.81. The summed E-state index contributed by atoms with van der Waals surface area (Å²) in [6.45, 7) is 6.95. The number of thiophene rings is 1. The largest absolute Gasteiger partial charge is 0.444 e. The van der Waals surface area contributed by atoms with Crippen LogP contribution < -0.4 is 0 Å².